The lowest BCUT2D eigenvalue weighted by atomic mass is 9.96. The van der Waals surface area contributed by atoms with Crippen LogP contribution in [0.4, 0.5) is 0 Å². The first kappa shape index (κ1) is 16.6. The van der Waals surface area contributed by atoms with Gasteiger partial charge in [0, 0.05) is 5.70 Å². The number of nitrogens with one attached hydrogen (secondary N) is 2. The predicted molar refractivity (Wildman–Crippen MR) is 85.3 cm³/mol. The lowest BCUT2D eigenvalue weighted by Crippen LogP contribution is -2.43. The number of aliphatic imine (C=N–C) groups is 1. The Hall–Kier alpha value is -3.30. The van der Waals surface area contributed by atoms with E-state index in [-0.39, 0.29) is 24.9 Å². The summed E-state index contributed by atoms with van der Waals surface area (Å²) in [5.41, 5.74) is 3.29. The quantitative estimate of drug-likeness (QED) is 0.470. The van der Waals surface area contributed by atoms with Crippen molar-refractivity contribution < 1.29 is 24.0 Å². The molecular weight excluding hydrogens is 332 g/mol. The second-order valence-corrected chi connectivity index (χ2v) is 5.25. The number of guanidine groups is 1. The summed E-state index contributed by atoms with van der Waals surface area (Å²) in [5.74, 6) is 0.497. The summed E-state index contributed by atoms with van der Waals surface area (Å²) >= 11 is 0. The van der Waals surface area contributed by atoms with Crippen LogP contribution >= 0.6 is 0 Å². The van der Waals surface area contributed by atoms with E-state index >= 15 is 0 Å². The van der Waals surface area contributed by atoms with Crippen LogP contribution in [-0.4, -0.2) is 30.4 Å². The summed E-state index contributed by atoms with van der Waals surface area (Å²) in [6.07, 6.45) is 0. The van der Waals surface area contributed by atoms with E-state index in [9.17, 15) is 14.9 Å². The summed E-state index contributed by atoms with van der Waals surface area (Å²) < 4.78 is 15.7. The molecule has 3 rings (SSSR count). The van der Waals surface area contributed by atoms with Gasteiger partial charge in [-0.1, -0.05) is 11.5 Å². The molecule has 2 N–H and O–H groups in total. The molecule has 0 saturated heterocycles. The normalized spacial score (nSPS) is 18.3. The van der Waals surface area contributed by atoms with E-state index in [4.69, 9.17) is 14.2 Å². The van der Waals surface area contributed by atoms with Gasteiger partial charge < -0.3 is 19.5 Å². The second kappa shape index (κ2) is 6.67. The molecule has 132 valence electrons. The molecule has 1 atom stereocenters. The van der Waals surface area contributed by atoms with E-state index in [2.05, 4.69) is 10.3 Å². The Labute approximate surface area is 142 Å². The first-order valence-electron chi connectivity index (χ1n) is 7.53. The van der Waals surface area contributed by atoms with Gasteiger partial charge in [-0.15, -0.1) is 0 Å². The number of esters is 1. The number of hydrazine groups is 1. The lowest BCUT2D eigenvalue weighted by Gasteiger charge is -2.24. The molecule has 0 aliphatic carbocycles. The van der Waals surface area contributed by atoms with E-state index in [1.165, 1.54) is 0 Å². The molecule has 2 aliphatic rings. The Kier molecular flexibility index (Phi) is 4.42. The fourth-order valence-corrected chi connectivity index (χ4v) is 2.62. The van der Waals surface area contributed by atoms with Gasteiger partial charge in [0.2, 0.25) is 6.79 Å². The molecular formula is C15H16N4O6. The minimum absolute atomic E-state index is 0.0711. The van der Waals surface area contributed by atoms with Gasteiger partial charge >= 0.3 is 5.97 Å². The SMILES string of the molecule is CCOC(=O)C1=C(C)NC(N[N+](=O)[O-])=NC1c1ccc2c(c1)OCO2. The monoisotopic (exact) mass is 348 g/mol. The maximum atomic E-state index is 12.4. The minimum atomic E-state index is -0.780. The van der Waals surface area contributed by atoms with Crippen molar-refractivity contribution in [2.75, 3.05) is 13.4 Å². The number of nitro groups is 1. The van der Waals surface area contributed by atoms with E-state index in [0.717, 1.165) is 0 Å². The van der Waals surface area contributed by atoms with Gasteiger partial charge in [0.15, 0.2) is 16.5 Å². The standard InChI is InChI=1S/C15H16N4O6/c1-3-23-14(20)12-8(2)16-15(18-19(21)22)17-13(12)9-4-5-10-11(6-9)25-7-24-10/h4-6,13H,3,7H2,1-2H3,(H2,16,17,18). The number of carbonyl (C=O) groups excluding carboxylic acids is 1. The van der Waals surface area contributed by atoms with Gasteiger partial charge in [0.1, 0.15) is 6.04 Å². The molecule has 0 radical (unpaired) electrons. The maximum Gasteiger partial charge on any atom is 0.338 e. The molecule has 10 nitrogen and oxygen atoms in total. The van der Waals surface area contributed by atoms with Crippen molar-refractivity contribution >= 4 is 11.9 Å². The third-order valence-electron chi connectivity index (χ3n) is 3.65. The van der Waals surface area contributed by atoms with Crippen LogP contribution in [0, 0.1) is 10.1 Å². The number of rotatable bonds is 4. The lowest BCUT2D eigenvalue weighted by molar-refractivity contribution is -0.525. The highest BCUT2D eigenvalue weighted by atomic mass is 16.7. The van der Waals surface area contributed by atoms with Crippen LogP contribution in [0.1, 0.15) is 25.5 Å². The Balaban J connectivity index is 2.02. The molecule has 0 saturated carbocycles. The number of hydrogen-bond acceptors (Lipinski definition) is 8. The summed E-state index contributed by atoms with van der Waals surface area (Å²) in [6, 6.07) is 4.34. The van der Waals surface area contributed by atoms with Crippen LogP contribution in [0.5, 0.6) is 11.5 Å². The first-order chi connectivity index (χ1) is 12.0. The van der Waals surface area contributed by atoms with E-state index in [0.29, 0.717) is 22.8 Å². The van der Waals surface area contributed by atoms with Crippen molar-refractivity contribution in [2.45, 2.75) is 19.9 Å². The fourth-order valence-electron chi connectivity index (χ4n) is 2.62. The van der Waals surface area contributed by atoms with Crippen LogP contribution in [0.3, 0.4) is 0 Å². The zero-order valence-corrected chi connectivity index (χ0v) is 13.6. The average molecular weight is 348 g/mol. The van der Waals surface area contributed by atoms with Crippen LogP contribution in [0.25, 0.3) is 0 Å². The number of hydrogen-bond donors (Lipinski definition) is 2. The van der Waals surface area contributed by atoms with Crippen molar-refractivity contribution in [2.24, 2.45) is 4.99 Å². The zero-order chi connectivity index (χ0) is 18.0. The van der Waals surface area contributed by atoms with Crippen molar-refractivity contribution in [1.82, 2.24) is 10.7 Å². The van der Waals surface area contributed by atoms with Crippen LogP contribution in [-0.2, 0) is 9.53 Å². The fraction of sp³-hybridized carbons (Fsp3) is 0.333. The second-order valence-electron chi connectivity index (χ2n) is 5.25. The van der Waals surface area contributed by atoms with Gasteiger partial charge in [0.25, 0.3) is 5.96 Å². The Morgan fingerprint density at radius 3 is 2.96 bits per heavy atom. The summed E-state index contributed by atoms with van der Waals surface area (Å²) in [5, 5.41) is 12.7. The minimum Gasteiger partial charge on any atom is -0.463 e. The molecule has 25 heavy (non-hydrogen) atoms. The topological polar surface area (TPSA) is 124 Å². The van der Waals surface area contributed by atoms with E-state index < -0.39 is 17.0 Å². The third kappa shape index (κ3) is 3.32. The molecule has 1 aromatic rings. The van der Waals surface area contributed by atoms with Gasteiger partial charge in [-0.25, -0.2) is 19.9 Å². The summed E-state index contributed by atoms with van der Waals surface area (Å²) in [4.78, 5) is 27.3. The van der Waals surface area contributed by atoms with E-state index in [1.54, 1.807) is 32.0 Å². The Bertz CT molecular complexity index is 788. The number of ether oxygens (including phenoxy) is 3. The third-order valence-corrected chi connectivity index (χ3v) is 3.65. The van der Waals surface area contributed by atoms with Crippen LogP contribution in [0.15, 0.2) is 34.5 Å². The number of benzene rings is 1. The summed E-state index contributed by atoms with van der Waals surface area (Å²) in [6.45, 7) is 3.64. The number of allylic oxidation sites excluding steroid dienone is 1. The molecule has 0 fully saturated rings. The molecule has 0 bridgehead atoms. The highest BCUT2D eigenvalue weighted by molar-refractivity contribution is 5.95. The van der Waals surface area contributed by atoms with Gasteiger partial charge in [0.05, 0.1) is 12.2 Å². The van der Waals surface area contributed by atoms with Crippen molar-refractivity contribution in [1.29, 1.82) is 0 Å². The molecule has 1 aromatic carbocycles. The zero-order valence-electron chi connectivity index (χ0n) is 13.6. The van der Waals surface area contributed by atoms with Crippen molar-refractivity contribution in [3.8, 4) is 11.5 Å². The number of nitrogens with zero attached hydrogens (tertiary/aromatic N) is 2. The van der Waals surface area contributed by atoms with Crippen molar-refractivity contribution in [3.05, 3.63) is 45.1 Å². The highest BCUT2D eigenvalue weighted by Gasteiger charge is 2.32. The predicted octanol–water partition coefficient (Wildman–Crippen LogP) is 1.03. The van der Waals surface area contributed by atoms with Gasteiger partial charge in [-0.05, 0) is 31.5 Å². The van der Waals surface area contributed by atoms with Crippen LogP contribution < -0.4 is 20.2 Å². The largest absolute Gasteiger partial charge is 0.463 e. The number of carbonyl (C=O) groups is 1. The van der Waals surface area contributed by atoms with Crippen LogP contribution in [0.2, 0.25) is 0 Å². The molecule has 10 heteroatoms. The number of fused-ring (bicyclic) bond motifs is 1. The van der Waals surface area contributed by atoms with Gasteiger partial charge in [-0.2, -0.15) is 0 Å². The smallest absolute Gasteiger partial charge is 0.338 e. The maximum absolute atomic E-state index is 12.4. The first-order valence-corrected chi connectivity index (χ1v) is 7.53. The molecule has 0 spiro atoms. The Morgan fingerprint density at radius 2 is 2.24 bits per heavy atom. The van der Waals surface area contributed by atoms with Gasteiger partial charge in [-0.3, -0.25) is 0 Å². The highest BCUT2D eigenvalue weighted by Crippen LogP contribution is 2.38. The van der Waals surface area contributed by atoms with Crippen molar-refractivity contribution in [3.63, 3.8) is 0 Å². The average Bonchev–Trinajstić information content (AvgIpc) is 3.01. The molecule has 2 aliphatic heterocycles. The molecule has 0 aromatic heterocycles. The molecule has 2 heterocycles. The summed E-state index contributed by atoms with van der Waals surface area (Å²) in [7, 11) is 0. The van der Waals surface area contributed by atoms with E-state index in [1.807, 2.05) is 5.43 Å². The Morgan fingerprint density at radius 1 is 1.48 bits per heavy atom. The molecule has 0 amide bonds. The molecule has 1 unspecified atom stereocenters.